The SMILES string of the molecule is CC(C)(C(=O)Nc1ccc2[nH]ccc2c1)N1CCC1=O. The van der Waals surface area contributed by atoms with Gasteiger partial charge >= 0.3 is 0 Å². The van der Waals surface area contributed by atoms with Crippen LogP contribution in [-0.4, -0.2) is 33.8 Å². The van der Waals surface area contributed by atoms with E-state index in [9.17, 15) is 9.59 Å². The Labute approximate surface area is 117 Å². The Hall–Kier alpha value is -2.30. The summed E-state index contributed by atoms with van der Waals surface area (Å²) in [5, 5.41) is 3.93. The van der Waals surface area contributed by atoms with Crippen molar-refractivity contribution in [1.29, 1.82) is 0 Å². The monoisotopic (exact) mass is 271 g/mol. The van der Waals surface area contributed by atoms with Gasteiger partial charge in [0.25, 0.3) is 0 Å². The first-order valence-corrected chi connectivity index (χ1v) is 6.67. The maximum absolute atomic E-state index is 12.4. The number of rotatable bonds is 3. The van der Waals surface area contributed by atoms with Gasteiger partial charge in [0.05, 0.1) is 0 Å². The number of H-pyrrole nitrogens is 1. The second-order valence-corrected chi connectivity index (χ2v) is 5.59. The first kappa shape index (κ1) is 12.7. The number of likely N-dealkylation sites (tertiary alicyclic amines) is 1. The third kappa shape index (κ3) is 1.95. The van der Waals surface area contributed by atoms with Crippen LogP contribution in [0.5, 0.6) is 0 Å². The van der Waals surface area contributed by atoms with Crippen LogP contribution in [0.1, 0.15) is 20.3 Å². The minimum absolute atomic E-state index is 0.0336. The summed E-state index contributed by atoms with van der Waals surface area (Å²) in [7, 11) is 0. The summed E-state index contributed by atoms with van der Waals surface area (Å²) in [4.78, 5) is 28.6. The van der Waals surface area contributed by atoms with Crippen LogP contribution in [0.3, 0.4) is 0 Å². The van der Waals surface area contributed by atoms with Gasteiger partial charge in [-0.2, -0.15) is 0 Å². The normalized spacial score (nSPS) is 15.3. The summed E-state index contributed by atoms with van der Waals surface area (Å²) < 4.78 is 0. The molecule has 2 N–H and O–H groups in total. The molecule has 1 aliphatic heterocycles. The molecule has 1 aromatic heterocycles. The highest BCUT2D eigenvalue weighted by Crippen LogP contribution is 2.25. The predicted octanol–water partition coefficient (Wildman–Crippen LogP) is 2.12. The molecule has 20 heavy (non-hydrogen) atoms. The van der Waals surface area contributed by atoms with E-state index in [-0.39, 0.29) is 11.8 Å². The molecule has 0 spiro atoms. The van der Waals surface area contributed by atoms with E-state index in [4.69, 9.17) is 0 Å². The molecule has 2 amide bonds. The second kappa shape index (κ2) is 4.37. The van der Waals surface area contributed by atoms with Crippen LogP contribution in [0.15, 0.2) is 30.5 Å². The van der Waals surface area contributed by atoms with E-state index >= 15 is 0 Å². The fourth-order valence-corrected chi connectivity index (χ4v) is 2.44. The van der Waals surface area contributed by atoms with Crippen molar-refractivity contribution in [3.63, 3.8) is 0 Å². The molecule has 1 aromatic carbocycles. The lowest BCUT2D eigenvalue weighted by Gasteiger charge is -2.42. The standard InChI is InChI=1S/C15H17N3O2/c1-15(2,18-8-6-13(18)19)14(20)17-11-3-4-12-10(9-11)5-7-16-12/h3-5,7,9,16H,6,8H2,1-2H3,(H,17,20). The van der Waals surface area contributed by atoms with E-state index in [0.717, 1.165) is 16.6 Å². The number of hydrogen-bond acceptors (Lipinski definition) is 2. The van der Waals surface area contributed by atoms with E-state index in [2.05, 4.69) is 10.3 Å². The number of aromatic amines is 1. The van der Waals surface area contributed by atoms with Crippen molar-refractivity contribution in [2.24, 2.45) is 0 Å². The summed E-state index contributed by atoms with van der Waals surface area (Å²) in [6.45, 7) is 4.19. The zero-order chi connectivity index (χ0) is 14.3. The van der Waals surface area contributed by atoms with E-state index in [1.54, 1.807) is 18.7 Å². The Kier molecular flexibility index (Phi) is 2.78. The molecule has 2 heterocycles. The number of amides is 2. The molecule has 0 radical (unpaired) electrons. The van der Waals surface area contributed by atoms with E-state index in [1.807, 2.05) is 30.5 Å². The molecule has 5 heteroatoms. The number of carbonyl (C=O) groups excluding carboxylic acids is 2. The summed E-state index contributed by atoms with van der Waals surface area (Å²) in [5.74, 6) is -0.133. The van der Waals surface area contributed by atoms with Crippen molar-refractivity contribution < 1.29 is 9.59 Å². The quantitative estimate of drug-likeness (QED) is 0.840. The van der Waals surface area contributed by atoms with Gasteiger partial charge in [0.15, 0.2) is 0 Å². The van der Waals surface area contributed by atoms with Crippen LogP contribution in [0.4, 0.5) is 5.69 Å². The maximum atomic E-state index is 12.4. The lowest BCUT2D eigenvalue weighted by molar-refractivity contribution is -0.152. The van der Waals surface area contributed by atoms with Crippen LogP contribution in [-0.2, 0) is 9.59 Å². The highest BCUT2D eigenvalue weighted by atomic mass is 16.2. The molecule has 0 atom stereocenters. The van der Waals surface area contributed by atoms with E-state index in [1.165, 1.54) is 0 Å². The Balaban J connectivity index is 1.79. The fraction of sp³-hybridized carbons (Fsp3) is 0.333. The smallest absolute Gasteiger partial charge is 0.249 e. The average molecular weight is 271 g/mol. The number of benzene rings is 1. The summed E-state index contributed by atoms with van der Waals surface area (Å²) in [6, 6.07) is 7.64. The van der Waals surface area contributed by atoms with Crippen molar-refractivity contribution >= 4 is 28.4 Å². The first-order chi connectivity index (χ1) is 9.48. The number of aromatic nitrogens is 1. The van der Waals surface area contributed by atoms with Gasteiger partial charge in [0, 0.05) is 35.8 Å². The lowest BCUT2D eigenvalue weighted by atomic mass is 9.96. The minimum atomic E-state index is -0.817. The highest BCUT2D eigenvalue weighted by Gasteiger charge is 2.42. The molecule has 0 unspecified atom stereocenters. The minimum Gasteiger partial charge on any atom is -0.361 e. The molecular formula is C15H17N3O2. The molecule has 1 aliphatic rings. The Morgan fingerprint density at radius 1 is 1.35 bits per heavy atom. The van der Waals surface area contributed by atoms with Crippen molar-refractivity contribution in [3.05, 3.63) is 30.5 Å². The van der Waals surface area contributed by atoms with Crippen molar-refractivity contribution in [2.45, 2.75) is 25.8 Å². The molecule has 3 rings (SSSR count). The van der Waals surface area contributed by atoms with Crippen molar-refractivity contribution in [3.8, 4) is 0 Å². The molecule has 1 saturated heterocycles. The van der Waals surface area contributed by atoms with Crippen LogP contribution in [0.2, 0.25) is 0 Å². The zero-order valence-electron chi connectivity index (χ0n) is 11.6. The predicted molar refractivity (Wildman–Crippen MR) is 77.3 cm³/mol. The van der Waals surface area contributed by atoms with E-state index < -0.39 is 5.54 Å². The van der Waals surface area contributed by atoms with Crippen LogP contribution in [0.25, 0.3) is 10.9 Å². The maximum Gasteiger partial charge on any atom is 0.249 e. The Bertz CT molecular complexity index is 687. The average Bonchev–Trinajstić information content (AvgIpc) is 2.83. The molecule has 104 valence electrons. The van der Waals surface area contributed by atoms with Gasteiger partial charge in [-0.1, -0.05) is 0 Å². The van der Waals surface area contributed by atoms with Gasteiger partial charge in [-0.3, -0.25) is 9.59 Å². The highest BCUT2D eigenvalue weighted by molar-refractivity contribution is 6.02. The topological polar surface area (TPSA) is 65.2 Å². The van der Waals surface area contributed by atoms with Gasteiger partial charge in [-0.15, -0.1) is 0 Å². The molecule has 0 saturated carbocycles. The number of β-lactam (4-membered cyclic amide) rings is 1. The first-order valence-electron chi connectivity index (χ1n) is 6.67. The fourth-order valence-electron chi connectivity index (χ4n) is 2.44. The molecule has 2 aromatic rings. The van der Waals surface area contributed by atoms with Crippen LogP contribution < -0.4 is 5.32 Å². The number of nitrogens with one attached hydrogen (secondary N) is 2. The number of anilines is 1. The summed E-state index contributed by atoms with van der Waals surface area (Å²) in [6.07, 6.45) is 2.39. The summed E-state index contributed by atoms with van der Waals surface area (Å²) >= 11 is 0. The molecular weight excluding hydrogens is 254 g/mol. The van der Waals surface area contributed by atoms with Gasteiger partial charge in [0.1, 0.15) is 5.54 Å². The molecule has 1 fully saturated rings. The number of fused-ring (bicyclic) bond motifs is 1. The van der Waals surface area contributed by atoms with E-state index in [0.29, 0.717) is 13.0 Å². The Morgan fingerprint density at radius 2 is 2.15 bits per heavy atom. The van der Waals surface area contributed by atoms with Gasteiger partial charge in [-0.25, -0.2) is 0 Å². The van der Waals surface area contributed by atoms with Crippen LogP contribution in [0, 0.1) is 0 Å². The van der Waals surface area contributed by atoms with Gasteiger partial charge in [-0.05, 0) is 38.1 Å². The molecule has 0 aliphatic carbocycles. The molecule has 0 bridgehead atoms. The third-order valence-corrected chi connectivity index (χ3v) is 3.89. The van der Waals surface area contributed by atoms with Crippen LogP contribution >= 0.6 is 0 Å². The van der Waals surface area contributed by atoms with Crippen molar-refractivity contribution in [1.82, 2.24) is 9.88 Å². The number of carbonyl (C=O) groups is 2. The van der Waals surface area contributed by atoms with Crippen molar-refractivity contribution in [2.75, 3.05) is 11.9 Å². The third-order valence-electron chi connectivity index (χ3n) is 3.89. The second-order valence-electron chi connectivity index (χ2n) is 5.59. The Morgan fingerprint density at radius 3 is 2.80 bits per heavy atom. The van der Waals surface area contributed by atoms with Gasteiger partial charge < -0.3 is 15.2 Å². The van der Waals surface area contributed by atoms with Gasteiger partial charge in [0.2, 0.25) is 11.8 Å². The summed E-state index contributed by atoms with van der Waals surface area (Å²) in [5.41, 5.74) is 0.950. The number of hydrogen-bond donors (Lipinski definition) is 2. The lowest BCUT2D eigenvalue weighted by Crippen LogP contribution is -2.60. The number of nitrogens with zero attached hydrogens (tertiary/aromatic N) is 1. The zero-order valence-corrected chi connectivity index (χ0v) is 11.6. The molecule has 5 nitrogen and oxygen atoms in total. The largest absolute Gasteiger partial charge is 0.361 e.